The number of anilines is 1. The number of nitrogens with zero attached hydrogens (tertiary/aromatic N) is 2. The quantitative estimate of drug-likeness (QED) is 0.492. The summed E-state index contributed by atoms with van der Waals surface area (Å²) in [5.41, 5.74) is 2.03. The summed E-state index contributed by atoms with van der Waals surface area (Å²) in [7, 11) is 0. The maximum absolute atomic E-state index is 12.3. The number of carbonyl (C=O) groups is 2. The van der Waals surface area contributed by atoms with E-state index in [0.29, 0.717) is 16.9 Å². The maximum Gasteiger partial charge on any atom is 0.339 e. The first kappa shape index (κ1) is 18.2. The average molecular weight is 345 g/mol. The second-order valence-electron chi connectivity index (χ2n) is 5.45. The topological polar surface area (TPSA) is 103 Å². The lowest BCUT2D eigenvalue weighted by Gasteiger charge is -2.10. The minimum absolute atomic E-state index is 0.0141. The number of ether oxygens (including phenoxy) is 1. The predicted octanol–water partition coefficient (Wildman–Crippen LogP) is 2.83. The molecular formula is C17H19N3O5. The number of esters is 1. The zero-order chi connectivity index (χ0) is 18.6. The number of carbonyl (C=O) groups excluding carboxylic acids is 2. The number of non-ortho nitro benzene ring substituents is 1. The molecule has 0 saturated heterocycles. The summed E-state index contributed by atoms with van der Waals surface area (Å²) in [5, 5.41) is 13.4. The molecule has 0 bridgehead atoms. The molecule has 1 N–H and O–H groups in total. The number of nitrogens with one attached hydrogen (secondary N) is 1. The number of aryl methyl sites for hydroxylation is 1. The van der Waals surface area contributed by atoms with Crippen molar-refractivity contribution in [3.05, 3.63) is 57.4 Å². The van der Waals surface area contributed by atoms with Crippen LogP contribution in [0.3, 0.4) is 0 Å². The Balaban J connectivity index is 2.14. The Bertz CT molecular complexity index is 826. The van der Waals surface area contributed by atoms with Gasteiger partial charge in [-0.25, -0.2) is 4.79 Å². The van der Waals surface area contributed by atoms with Crippen molar-refractivity contribution in [3.8, 4) is 0 Å². The molecule has 2 aromatic rings. The summed E-state index contributed by atoms with van der Waals surface area (Å²) in [4.78, 5) is 34.4. The third-order valence-corrected chi connectivity index (χ3v) is 3.71. The van der Waals surface area contributed by atoms with E-state index in [0.717, 1.165) is 5.69 Å². The Hall–Kier alpha value is -3.16. The Kier molecular flexibility index (Phi) is 5.53. The van der Waals surface area contributed by atoms with Crippen LogP contribution < -0.4 is 5.32 Å². The van der Waals surface area contributed by atoms with Crippen molar-refractivity contribution in [2.24, 2.45) is 0 Å². The summed E-state index contributed by atoms with van der Waals surface area (Å²) in [6.45, 7) is 5.51. The lowest BCUT2D eigenvalue weighted by atomic mass is 10.2. The molecule has 0 saturated carbocycles. The number of nitro groups is 1. The van der Waals surface area contributed by atoms with Crippen LogP contribution in [0.25, 0.3) is 0 Å². The molecule has 0 fully saturated rings. The van der Waals surface area contributed by atoms with Gasteiger partial charge in [0.25, 0.3) is 5.69 Å². The van der Waals surface area contributed by atoms with Crippen LogP contribution in [0.4, 0.5) is 11.4 Å². The van der Waals surface area contributed by atoms with Gasteiger partial charge in [0.05, 0.1) is 17.1 Å². The second kappa shape index (κ2) is 7.61. The van der Waals surface area contributed by atoms with Gasteiger partial charge < -0.3 is 14.6 Å². The number of benzene rings is 1. The van der Waals surface area contributed by atoms with Crippen LogP contribution in [0.15, 0.2) is 30.3 Å². The van der Waals surface area contributed by atoms with E-state index in [1.807, 2.05) is 0 Å². The molecule has 0 atom stereocenters. The number of hydrogen-bond acceptors (Lipinski definition) is 5. The van der Waals surface area contributed by atoms with E-state index in [-0.39, 0.29) is 24.7 Å². The summed E-state index contributed by atoms with van der Waals surface area (Å²) < 4.78 is 6.69. The Morgan fingerprint density at radius 1 is 1.28 bits per heavy atom. The van der Waals surface area contributed by atoms with Gasteiger partial charge in [-0.3, -0.25) is 14.9 Å². The first-order chi connectivity index (χ1) is 11.8. The number of amides is 1. The molecule has 1 amide bonds. The van der Waals surface area contributed by atoms with Gasteiger partial charge in [0.2, 0.25) is 5.91 Å². The summed E-state index contributed by atoms with van der Waals surface area (Å²) in [5.74, 6) is -0.779. The van der Waals surface area contributed by atoms with Crippen LogP contribution in [0.1, 0.15) is 28.7 Å². The molecule has 25 heavy (non-hydrogen) atoms. The largest absolute Gasteiger partial charge is 0.462 e. The van der Waals surface area contributed by atoms with Gasteiger partial charge in [-0.05, 0) is 32.9 Å². The van der Waals surface area contributed by atoms with Crippen molar-refractivity contribution in [1.82, 2.24) is 4.57 Å². The van der Waals surface area contributed by atoms with Gasteiger partial charge in [0.15, 0.2) is 0 Å². The van der Waals surface area contributed by atoms with E-state index in [1.165, 1.54) is 18.2 Å². The third kappa shape index (κ3) is 4.23. The standard InChI is InChI=1S/C17H19N3O5/c1-4-25-17(22)15-8-11(2)19(12(15)3)10-16(21)18-13-6-5-7-14(9-13)20(23)24/h5-9H,4,10H2,1-3H3,(H,18,21). The number of hydrogen-bond donors (Lipinski definition) is 1. The van der Waals surface area contributed by atoms with E-state index < -0.39 is 10.9 Å². The highest BCUT2D eigenvalue weighted by molar-refractivity contribution is 5.93. The van der Waals surface area contributed by atoms with Gasteiger partial charge in [-0.1, -0.05) is 6.07 Å². The fraction of sp³-hybridized carbons (Fsp3) is 0.294. The van der Waals surface area contributed by atoms with E-state index in [4.69, 9.17) is 4.74 Å². The van der Waals surface area contributed by atoms with Crippen molar-refractivity contribution >= 4 is 23.3 Å². The fourth-order valence-electron chi connectivity index (χ4n) is 2.50. The van der Waals surface area contributed by atoms with E-state index in [2.05, 4.69) is 5.32 Å². The molecule has 0 radical (unpaired) electrons. The normalized spacial score (nSPS) is 10.4. The molecule has 1 aromatic heterocycles. The van der Waals surface area contributed by atoms with Gasteiger partial charge in [0.1, 0.15) is 6.54 Å². The van der Waals surface area contributed by atoms with E-state index in [9.17, 15) is 19.7 Å². The van der Waals surface area contributed by atoms with Crippen molar-refractivity contribution in [2.75, 3.05) is 11.9 Å². The van der Waals surface area contributed by atoms with Gasteiger partial charge in [-0.15, -0.1) is 0 Å². The summed E-state index contributed by atoms with van der Waals surface area (Å²) >= 11 is 0. The minimum atomic E-state index is -0.526. The molecule has 0 aliphatic rings. The molecule has 0 spiro atoms. The van der Waals surface area contributed by atoms with Gasteiger partial charge >= 0.3 is 5.97 Å². The molecule has 1 heterocycles. The van der Waals surface area contributed by atoms with Crippen molar-refractivity contribution in [3.63, 3.8) is 0 Å². The van der Waals surface area contributed by atoms with Crippen LogP contribution in [0.2, 0.25) is 0 Å². The molecule has 1 aromatic carbocycles. The molecule has 132 valence electrons. The lowest BCUT2D eigenvalue weighted by Crippen LogP contribution is -2.20. The van der Waals surface area contributed by atoms with Gasteiger partial charge in [-0.2, -0.15) is 0 Å². The maximum atomic E-state index is 12.3. The van der Waals surface area contributed by atoms with Crippen LogP contribution >= 0.6 is 0 Å². The second-order valence-corrected chi connectivity index (χ2v) is 5.45. The fourth-order valence-corrected chi connectivity index (χ4v) is 2.50. The van der Waals surface area contributed by atoms with Crippen LogP contribution in [-0.4, -0.2) is 28.0 Å². The Morgan fingerprint density at radius 2 is 2.00 bits per heavy atom. The molecule has 2 rings (SSSR count). The van der Waals surface area contributed by atoms with Crippen molar-refractivity contribution < 1.29 is 19.2 Å². The van der Waals surface area contributed by atoms with E-state index in [1.54, 1.807) is 37.5 Å². The predicted molar refractivity (Wildman–Crippen MR) is 91.6 cm³/mol. The zero-order valence-corrected chi connectivity index (χ0v) is 14.2. The van der Waals surface area contributed by atoms with Crippen molar-refractivity contribution in [2.45, 2.75) is 27.3 Å². The number of rotatable bonds is 6. The summed E-state index contributed by atoms with van der Waals surface area (Å²) in [6, 6.07) is 7.38. The SMILES string of the molecule is CCOC(=O)c1cc(C)n(CC(=O)Nc2cccc([N+](=O)[O-])c2)c1C. The Labute approximate surface area is 144 Å². The average Bonchev–Trinajstić information content (AvgIpc) is 2.83. The van der Waals surface area contributed by atoms with Crippen LogP contribution in [-0.2, 0) is 16.1 Å². The molecule has 0 aliphatic carbocycles. The van der Waals surface area contributed by atoms with Crippen molar-refractivity contribution in [1.29, 1.82) is 0 Å². The molecule has 8 heteroatoms. The monoisotopic (exact) mass is 345 g/mol. The smallest absolute Gasteiger partial charge is 0.339 e. The van der Waals surface area contributed by atoms with Crippen LogP contribution in [0.5, 0.6) is 0 Å². The highest BCUT2D eigenvalue weighted by Gasteiger charge is 2.18. The Morgan fingerprint density at radius 3 is 2.64 bits per heavy atom. The zero-order valence-electron chi connectivity index (χ0n) is 14.2. The summed E-state index contributed by atoms with van der Waals surface area (Å²) in [6.07, 6.45) is 0. The van der Waals surface area contributed by atoms with Crippen LogP contribution in [0, 0.1) is 24.0 Å². The molecular weight excluding hydrogens is 326 g/mol. The molecule has 8 nitrogen and oxygen atoms in total. The number of nitro benzene ring substituents is 1. The lowest BCUT2D eigenvalue weighted by molar-refractivity contribution is -0.384. The highest BCUT2D eigenvalue weighted by atomic mass is 16.6. The minimum Gasteiger partial charge on any atom is -0.462 e. The molecule has 0 unspecified atom stereocenters. The third-order valence-electron chi connectivity index (χ3n) is 3.71. The first-order valence-electron chi connectivity index (χ1n) is 7.71. The first-order valence-corrected chi connectivity index (χ1v) is 7.71. The van der Waals surface area contributed by atoms with E-state index >= 15 is 0 Å². The highest BCUT2D eigenvalue weighted by Crippen LogP contribution is 2.19. The number of aromatic nitrogens is 1. The van der Waals surface area contributed by atoms with Gasteiger partial charge in [0, 0.05) is 29.2 Å². The molecule has 0 aliphatic heterocycles.